The Hall–Kier alpha value is -1.09. The van der Waals surface area contributed by atoms with Gasteiger partial charge in [0.15, 0.2) is 5.96 Å². The summed E-state index contributed by atoms with van der Waals surface area (Å²) in [5.74, 6) is 0.846. The lowest BCUT2D eigenvalue weighted by molar-refractivity contribution is -0.0236. The first kappa shape index (κ1) is 21.0. The Bertz CT molecular complexity index is 538. The first-order chi connectivity index (χ1) is 11.0. The number of guanidine groups is 1. The highest BCUT2D eigenvalue weighted by Crippen LogP contribution is 2.31. The zero-order chi connectivity index (χ0) is 16.7. The van der Waals surface area contributed by atoms with E-state index in [0.717, 1.165) is 25.8 Å². The van der Waals surface area contributed by atoms with Gasteiger partial charge in [-0.1, -0.05) is 6.07 Å². The normalized spacial score (nSPS) is 17.2. The zero-order valence-corrected chi connectivity index (χ0v) is 16.5. The summed E-state index contributed by atoms with van der Waals surface area (Å²) in [4.78, 5) is 4.43. The lowest BCUT2D eigenvalue weighted by Crippen LogP contribution is -2.45. The zero-order valence-electron chi connectivity index (χ0n) is 14.2. The number of nitrogens with zero attached hydrogens (tertiary/aromatic N) is 1. The van der Waals surface area contributed by atoms with Gasteiger partial charge >= 0.3 is 0 Å². The van der Waals surface area contributed by atoms with Crippen LogP contribution in [0.2, 0.25) is 0 Å². The summed E-state index contributed by atoms with van der Waals surface area (Å²) in [6.45, 7) is 5.56. The summed E-state index contributed by atoms with van der Waals surface area (Å²) >= 11 is 0. The van der Waals surface area contributed by atoms with Crippen LogP contribution < -0.4 is 15.4 Å². The topological polar surface area (TPSA) is 65.9 Å². The van der Waals surface area contributed by atoms with Gasteiger partial charge in [0.1, 0.15) is 17.7 Å². The van der Waals surface area contributed by atoms with Crippen molar-refractivity contribution in [2.45, 2.75) is 44.8 Å². The van der Waals surface area contributed by atoms with Gasteiger partial charge in [-0.15, -0.1) is 24.0 Å². The van der Waals surface area contributed by atoms with Gasteiger partial charge in [0.25, 0.3) is 0 Å². The molecule has 1 aromatic rings. The van der Waals surface area contributed by atoms with Crippen LogP contribution in [0, 0.1) is 5.82 Å². The van der Waals surface area contributed by atoms with Crippen molar-refractivity contribution in [1.29, 1.82) is 0 Å². The van der Waals surface area contributed by atoms with E-state index in [1.807, 2.05) is 13.8 Å². The average molecular weight is 451 g/mol. The van der Waals surface area contributed by atoms with Gasteiger partial charge in [0.05, 0.1) is 18.7 Å². The Labute approximate surface area is 160 Å². The molecule has 5 nitrogen and oxygen atoms in total. The van der Waals surface area contributed by atoms with Crippen molar-refractivity contribution in [3.05, 3.63) is 30.1 Å². The third-order valence-corrected chi connectivity index (χ3v) is 3.85. The molecule has 0 saturated heterocycles. The molecule has 1 aromatic carbocycles. The Morgan fingerprint density at radius 2 is 2.17 bits per heavy atom. The van der Waals surface area contributed by atoms with Crippen molar-refractivity contribution in [3.8, 4) is 5.75 Å². The molecule has 1 atom stereocenters. The van der Waals surface area contributed by atoms with E-state index in [-0.39, 0.29) is 35.9 Å². The molecule has 24 heavy (non-hydrogen) atoms. The predicted octanol–water partition coefficient (Wildman–Crippen LogP) is 2.68. The van der Waals surface area contributed by atoms with Crippen molar-refractivity contribution in [3.63, 3.8) is 0 Å². The molecule has 1 fully saturated rings. The molecule has 0 spiro atoms. The van der Waals surface area contributed by atoms with Crippen LogP contribution in [0.25, 0.3) is 0 Å². The van der Waals surface area contributed by atoms with Gasteiger partial charge in [0.2, 0.25) is 0 Å². The molecule has 1 saturated carbocycles. The monoisotopic (exact) mass is 451 g/mol. The highest BCUT2D eigenvalue weighted by Gasteiger charge is 2.34. The van der Waals surface area contributed by atoms with Crippen molar-refractivity contribution in [2.24, 2.45) is 4.99 Å². The lowest BCUT2D eigenvalue weighted by Gasteiger charge is -2.35. The van der Waals surface area contributed by atoms with Gasteiger partial charge in [-0.2, -0.15) is 0 Å². The first-order valence-corrected chi connectivity index (χ1v) is 8.17. The van der Waals surface area contributed by atoms with Crippen LogP contribution >= 0.6 is 24.0 Å². The number of rotatable bonds is 7. The molecule has 2 rings (SSSR count). The highest BCUT2D eigenvalue weighted by atomic mass is 127. The van der Waals surface area contributed by atoms with Crippen LogP contribution in [-0.2, 0) is 0 Å². The van der Waals surface area contributed by atoms with Crippen molar-refractivity contribution in [2.75, 3.05) is 19.6 Å². The molecule has 7 heteroatoms. The number of nitrogens with one attached hydrogen (secondary N) is 2. The fourth-order valence-electron chi connectivity index (χ4n) is 2.37. The number of ether oxygens (including phenoxy) is 1. The molecule has 1 aliphatic carbocycles. The summed E-state index contributed by atoms with van der Waals surface area (Å²) in [6, 6.07) is 6.10. The summed E-state index contributed by atoms with van der Waals surface area (Å²) in [5, 5.41) is 16.4. The number of hydrogen-bond donors (Lipinski definition) is 3. The average Bonchev–Trinajstić information content (AvgIpc) is 2.48. The van der Waals surface area contributed by atoms with Crippen molar-refractivity contribution in [1.82, 2.24) is 10.6 Å². The Morgan fingerprint density at radius 3 is 2.75 bits per heavy atom. The number of halogens is 2. The fourth-order valence-corrected chi connectivity index (χ4v) is 2.37. The summed E-state index contributed by atoms with van der Waals surface area (Å²) < 4.78 is 18.8. The molecule has 0 amide bonds. The molecule has 0 heterocycles. The largest absolute Gasteiger partial charge is 0.489 e. The summed E-state index contributed by atoms with van der Waals surface area (Å²) in [7, 11) is 0. The molecule has 0 aliphatic heterocycles. The number of aliphatic imine (C=N–C) groups is 1. The Kier molecular flexibility index (Phi) is 8.75. The SMILES string of the molecule is CCNC(=NCC1(O)CCC1)NCC(C)Oc1cccc(F)c1.I. The number of hydrogen-bond acceptors (Lipinski definition) is 3. The maximum atomic E-state index is 13.1. The van der Waals surface area contributed by atoms with Crippen LogP contribution in [0.3, 0.4) is 0 Å². The van der Waals surface area contributed by atoms with Crippen LogP contribution in [0.15, 0.2) is 29.3 Å². The van der Waals surface area contributed by atoms with Crippen molar-refractivity contribution >= 4 is 29.9 Å². The quantitative estimate of drug-likeness (QED) is 0.339. The van der Waals surface area contributed by atoms with Gasteiger partial charge < -0.3 is 20.5 Å². The van der Waals surface area contributed by atoms with Crippen molar-refractivity contribution < 1.29 is 14.2 Å². The van der Waals surface area contributed by atoms with Gasteiger partial charge in [-0.25, -0.2) is 4.39 Å². The van der Waals surface area contributed by atoms with E-state index in [1.54, 1.807) is 12.1 Å². The van der Waals surface area contributed by atoms with E-state index in [9.17, 15) is 9.50 Å². The summed E-state index contributed by atoms with van der Waals surface area (Å²) in [5.41, 5.74) is -0.633. The summed E-state index contributed by atoms with van der Waals surface area (Å²) in [6.07, 6.45) is 2.55. The maximum absolute atomic E-state index is 13.1. The highest BCUT2D eigenvalue weighted by molar-refractivity contribution is 14.0. The van der Waals surface area contributed by atoms with Gasteiger partial charge in [-0.05, 0) is 45.2 Å². The maximum Gasteiger partial charge on any atom is 0.191 e. The molecule has 0 aromatic heterocycles. The minimum absolute atomic E-state index is 0. The molecule has 1 unspecified atom stereocenters. The first-order valence-electron chi connectivity index (χ1n) is 8.17. The molecule has 0 radical (unpaired) electrons. The van der Waals surface area contributed by atoms with E-state index in [2.05, 4.69) is 15.6 Å². The van der Waals surface area contributed by atoms with Gasteiger partial charge in [-0.3, -0.25) is 4.99 Å². The van der Waals surface area contributed by atoms with E-state index in [0.29, 0.717) is 24.8 Å². The van der Waals surface area contributed by atoms with E-state index >= 15 is 0 Å². The minimum Gasteiger partial charge on any atom is -0.489 e. The Balaban J connectivity index is 0.00000288. The standard InChI is InChI=1S/C17H26FN3O2.HI/c1-3-19-16(21-12-17(22)8-5-9-17)20-11-13(2)23-15-7-4-6-14(18)10-15;/h4,6-7,10,13,22H,3,5,8-9,11-12H2,1-2H3,(H2,19,20,21);1H. The number of aliphatic hydroxyl groups is 1. The molecule has 0 bridgehead atoms. The predicted molar refractivity (Wildman–Crippen MR) is 105 cm³/mol. The number of benzene rings is 1. The second-order valence-electron chi connectivity index (χ2n) is 6.04. The minimum atomic E-state index is -0.633. The van der Waals surface area contributed by atoms with E-state index < -0.39 is 5.60 Å². The fraction of sp³-hybridized carbons (Fsp3) is 0.588. The van der Waals surface area contributed by atoms with Gasteiger partial charge in [0, 0.05) is 12.6 Å². The second-order valence-corrected chi connectivity index (χ2v) is 6.04. The third-order valence-electron chi connectivity index (χ3n) is 3.85. The molecule has 136 valence electrons. The molecule has 1 aliphatic rings. The third kappa shape index (κ3) is 6.80. The molecular weight excluding hydrogens is 424 g/mol. The lowest BCUT2D eigenvalue weighted by atomic mass is 9.80. The second kappa shape index (κ2) is 10.0. The van der Waals surface area contributed by atoms with Crippen LogP contribution in [-0.4, -0.2) is 42.4 Å². The van der Waals surface area contributed by atoms with Crippen LogP contribution in [0.4, 0.5) is 4.39 Å². The van der Waals surface area contributed by atoms with Crippen LogP contribution in [0.1, 0.15) is 33.1 Å². The van der Waals surface area contributed by atoms with E-state index in [1.165, 1.54) is 12.1 Å². The molecule has 3 N–H and O–H groups in total. The van der Waals surface area contributed by atoms with Crippen LogP contribution in [0.5, 0.6) is 5.75 Å². The van der Waals surface area contributed by atoms with E-state index in [4.69, 9.17) is 4.74 Å². The Morgan fingerprint density at radius 1 is 1.42 bits per heavy atom. The smallest absolute Gasteiger partial charge is 0.191 e. The molecular formula is C17H27FIN3O2.